The molecule has 1 aliphatic heterocycles. The molecular formula is C8H7FN2. The van der Waals surface area contributed by atoms with Gasteiger partial charge in [0.1, 0.15) is 5.82 Å². The fraction of sp³-hybridized carbons (Fsp3) is 0.125. The van der Waals surface area contributed by atoms with Crippen LogP contribution >= 0.6 is 0 Å². The van der Waals surface area contributed by atoms with Gasteiger partial charge in [0, 0.05) is 5.69 Å². The summed E-state index contributed by atoms with van der Waals surface area (Å²) in [6.45, 7) is 0.641. The van der Waals surface area contributed by atoms with Crippen LogP contribution in [-0.4, -0.2) is 6.34 Å². The largest absolute Gasteiger partial charge is 0.346 e. The van der Waals surface area contributed by atoms with Crippen molar-refractivity contribution in [2.75, 3.05) is 5.32 Å². The molecule has 0 unspecified atom stereocenters. The molecule has 0 saturated heterocycles. The summed E-state index contributed by atoms with van der Waals surface area (Å²) in [5.74, 6) is -0.216. The third-order valence-corrected chi connectivity index (χ3v) is 1.64. The number of nitrogens with one attached hydrogen (secondary N) is 1. The zero-order valence-corrected chi connectivity index (χ0v) is 5.84. The highest BCUT2D eigenvalue weighted by Crippen LogP contribution is 2.19. The average Bonchev–Trinajstić information content (AvgIpc) is 2.04. The second-order valence-electron chi connectivity index (χ2n) is 2.42. The molecule has 1 aliphatic rings. The van der Waals surface area contributed by atoms with Crippen molar-refractivity contribution in [2.24, 2.45) is 4.99 Å². The molecule has 0 bridgehead atoms. The van der Waals surface area contributed by atoms with E-state index >= 15 is 0 Å². The second-order valence-corrected chi connectivity index (χ2v) is 2.42. The molecule has 56 valence electrons. The van der Waals surface area contributed by atoms with E-state index in [0.29, 0.717) is 6.54 Å². The maximum Gasteiger partial charge on any atom is 0.125 e. The van der Waals surface area contributed by atoms with E-state index in [2.05, 4.69) is 10.3 Å². The van der Waals surface area contributed by atoms with Crippen LogP contribution < -0.4 is 5.32 Å². The lowest BCUT2D eigenvalue weighted by atomic mass is 10.1. The van der Waals surface area contributed by atoms with E-state index in [1.807, 2.05) is 0 Å². The van der Waals surface area contributed by atoms with Crippen LogP contribution in [0.25, 0.3) is 0 Å². The number of anilines is 1. The van der Waals surface area contributed by atoms with Crippen molar-refractivity contribution in [3.05, 3.63) is 29.6 Å². The zero-order valence-electron chi connectivity index (χ0n) is 5.84. The summed E-state index contributed by atoms with van der Waals surface area (Å²) in [6, 6.07) is 4.66. The third kappa shape index (κ3) is 1.09. The lowest BCUT2D eigenvalue weighted by Gasteiger charge is -2.10. The molecule has 1 heterocycles. The molecule has 0 saturated carbocycles. The Morgan fingerprint density at radius 1 is 1.45 bits per heavy atom. The lowest BCUT2D eigenvalue weighted by molar-refractivity contribution is 0.627. The van der Waals surface area contributed by atoms with E-state index in [1.165, 1.54) is 12.1 Å². The van der Waals surface area contributed by atoms with Gasteiger partial charge in [-0.25, -0.2) is 4.39 Å². The van der Waals surface area contributed by atoms with Crippen molar-refractivity contribution in [3.63, 3.8) is 0 Å². The Labute approximate surface area is 63.8 Å². The number of nitrogens with zero attached hydrogens (tertiary/aromatic N) is 1. The molecule has 3 heteroatoms. The van der Waals surface area contributed by atoms with Gasteiger partial charge < -0.3 is 5.32 Å². The molecule has 0 aliphatic carbocycles. The van der Waals surface area contributed by atoms with Crippen LogP contribution in [0.5, 0.6) is 0 Å². The maximum atomic E-state index is 12.6. The molecular weight excluding hydrogens is 143 g/mol. The Morgan fingerprint density at radius 3 is 3.27 bits per heavy atom. The van der Waals surface area contributed by atoms with Gasteiger partial charge >= 0.3 is 0 Å². The summed E-state index contributed by atoms with van der Waals surface area (Å²) in [4.78, 5) is 3.99. The molecule has 0 spiro atoms. The number of aliphatic imine (C=N–C) groups is 1. The molecule has 2 nitrogen and oxygen atoms in total. The molecule has 0 fully saturated rings. The molecule has 1 aromatic carbocycles. The van der Waals surface area contributed by atoms with Crippen molar-refractivity contribution in [1.29, 1.82) is 0 Å². The summed E-state index contributed by atoms with van der Waals surface area (Å²) in [5.41, 5.74) is 1.86. The number of fused-ring (bicyclic) bond motifs is 1. The Balaban J connectivity index is 2.48. The Kier molecular flexibility index (Phi) is 1.35. The molecule has 1 N–H and O–H groups in total. The van der Waals surface area contributed by atoms with Crippen LogP contribution in [0, 0.1) is 5.82 Å². The first-order valence-electron chi connectivity index (χ1n) is 3.39. The van der Waals surface area contributed by atoms with Crippen molar-refractivity contribution in [3.8, 4) is 0 Å². The Bertz CT molecular complexity index is 307. The van der Waals surface area contributed by atoms with Gasteiger partial charge in [-0.3, -0.25) is 4.99 Å². The highest BCUT2D eigenvalue weighted by atomic mass is 19.1. The van der Waals surface area contributed by atoms with Gasteiger partial charge in [0.25, 0.3) is 0 Å². The standard InChI is InChI=1S/C8H7FN2/c9-7-2-1-6-4-10-5-11-8(6)3-7/h1-3,5H,4H2,(H,10,11). The van der Waals surface area contributed by atoms with Crippen molar-refractivity contribution in [1.82, 2.24) is 0 Å². The van der Waals surface area contributed by atoms with Crippen molar-refractivity contribution < 1.29 is 4.39 Å². The van der Waals surface area contributed by atoms with Gasteiger partial charge in [-0.15, -0.1) is 0 Å². The average molecular weight is 150 g/mol. The topological polar surface area (TPSA) is 24.4 Å². The van der Waals surface area contributed by atoms with Crippen LogP contribution in [0.3, 0.4) is 0 Å². The maximum absolute atomic E-state index is 12.6. The van der Waals surface area contributed by atoms with E-state index in [0.717, 1.165) is 11.3 Å². The molecule has 11 heavy (non-hydrogen) atoms. The van der Waals surface area contributed by atoms with Crippen molar-refractivity contribution >= 4 is 12.0 Å². The van der Waals surface area contributed by atoms with Gasteiger partial charge in [-0.1, -0.05) is 6.07 Å². The number of benzene rings is 1. The lowest BCUT2D eigenvalue weighted by Crippen LogP contribution is -2.04. The van der Waals surface area contributed by atoms with Gasteiger partial charge in [-0.05, 0) is 17.7 Å². The smallest absolute Gasteiger partial charge is 0.125 e. The highest BCUT2D eigenvalue weighted by Gasteiger charge is 2.04. The van der Waals surface area contributed by atoms with Crippen LogP contribution in [0.15, 0.2) is 23.2 Å². The van der Waals surface area contributed by atoms with Crippen LogP contribution in [0.1, 0.15) is 5.56 Å². The van der Waals surface area contributed by atoms with E-state index in [1.54, 1.807) is 12.4 Å². The summed E-state index contributed by atoms with van der Waals surface area (Å²) in [6.07, 6.45) is 1.59. The number of rotatable bonds is 0. The van der Waals surface area contributed by atoms with E-state index in [9.17, 15) is 4.39 Å². The molecule has 0 radical (unpaired) electrons. The first kappa shape index (κ1) is 6.34. The third-order valence-electron chi connectivity index (χ3n) is 1.64. The molecule has 0 aromatic heterocycles. The quantitative estimate of drug-likeness (QED) is 0.599. The SMILES string of the molecule is Fc1ccc2c(c1)NC=NC2. The predicted octanol–water partition coefficient (Wildman–Crippen LogP) is 1.78. The number of hydrogen-bond donors (Lipinski definition) is 1. The molecule has 0 atom stereocenters. The van der Waals surface area contributed by atoms with Gasteiger partial charge in [-0.2, -0.15) is 0 Å². The van der Waals surface area contributed by atoms with Gasteiger partial charge in [0.2, 0.25) is 0 Å². The van der Waals surface area contributed by atoms with Crippen LogP contribution in [0.2, 0.25) is 0 Å². The summed E-state index contributed by atoms with van der Waals surface area (Å²) < 4.78 is 12.6. The second kappa shape index (κ2) is 2.34. The minimum atomic E-state index is -0.216. The summed E-state index contributed by atoms with van der Waals surface area (Å²) >= 11 is 0. The zero-order chi connectivity index (χ0) is 7.68. The minimum absolute atomic E-state index is 0.216. The van der Waals surface area contributed by atoms with Crippen molar-refractivity contribution in [2.45, 2.75) is 6.54 Å². The first-order chi connectivity index (χ1) is 5.36. The fourth-order valence-corrected chi connectivity index (χ4v) is 1.08. The number of halogens is 1. The van der Waals surface area contributed by atoms with Crippen LogP contribution in [-0.2, 0) is 6.54 Å². The highest BCUT2D eigenvalue weighted by molar-refractivity contribution is 5.79. The van der Waals surface area contributed by atoms with Gasteiger partial charge in [0.15, 0.2) is 0 Å². The van der Waals surface area contributed by atoms with E-state index < -0.39 is 0 Å². The van der Waals surface area contributed by atoms with E-state index in [4.69, 9.17) is 0 Å². The first-order valence-corrected chi connectivity index (χ1v) is 3.39. The molecule has 2 rings (SSSR count). The summed E-state index contributed by atoms with van der Waals surface area (Å²) in [7, 11) is 0. The monoisotopic (exact) mass is 150 g/mol. The summed E-state index contributed by atoms with van der Waals surface area (Å²) in [5, 5.41) is 2.87. The Hall–Kier alpha value is -1.38. The number of hydrogen-bond acceptors (Lipinski definition) is 2. The molecule has 1 aromatic rings. The molecule has 0 amide bonds. The Morgan fingerprint density at radius 2 is 2.36 bits per heavy atom. The predicted molar refractivity (Wildman–Crippen MR) is 42.2 cm³/mol. The van der Waals surface area contributed by atoms with Crippen LogP contribution in [0.4, 0.5) is 10.1 Å². The van der Waals surface area contributed by atoms with Gasteiger partial charge in [0.05, 0.1) is 12.9 Å². The van der Waals surface area contributed by atoms with E-state index in [-0.39, 0.29) is 5.82 Å². The fourth-order valence-electron chi connectivity index (χ4n) is 1.08. The normalized spacial score (nSPS) is 13.9. The minimum Gasteiger partial charge on any atom is -0.346 e.